The molecule has 0 aliphatic rings. The molecule has 0 radical (unpaired) electrons. The van der Waals surface area contributed by atoms with Crippen LogP contribution in [0.15, 0.2) is 54.6 Å². The van der Waals surface area contributed by atoms with Gasteiger partial charge >= 0.3 is 0 Å². The summed E-state index contributed by atoms with van der Waals surface area (Å²) in [4.78, 5) is 11.5. The Morgan fingerprint density at radius 2 is 1.75 bits per heavy atom. The van der Waals surface area contributed by atoms with Gasteiger partial charge in [0.05, 0.1) is 0 Å². The Bertz CT molecular complexity index is 551. The molecule has 2 aromatic carbocycles. The lowest BCUT2D eigenvalue weighted by Gasteiger charge is -2.16. The predicted octanol–water partition coefficient (Wildman–Crippen LogP) is 5.29. The van der Waals surface area contributed by atoms with Gasteiger partial charge in [-0.15, -0.1) is 11.8 Å². The SMILES string of the molecule is CC(=O)C[C@@H](SCc1ccccc1)c1ccc(Cl)cc1. The number of hydrogen-bond acceptors (Lipinski definition) is 2. The molecule has 0 N–H and O–H groups in total. The molecule has 2 aromatic rings. The van der Waals surface area contributed by atoms with Crippen LogP contribution in [0.1, 0.15) is 29.7 Å². The molecule has 20 heavy (non-hydrogen) atoms. The highest BCUT2D eigenvalue weighted by atomic mass is 35.5. The van der Waals surface area contributed by atoms with E-state index in [0.29, 0.717) is 6.42 Å². The lowest BCUT2D eigenvalue weighted by atomic mass is 10.1. The number of benzene rings is 2. The van der Waals surface area contributed by atoms with Gasteiger partial charge in [0.2, 0.25) is 0 Å². The van der Waals surface area contributed by atoms with E-state index in [-0.39, 0.29) is 11.0 Å². The summed E-state index contributed by atoms with van der Waals surface area (Å²) in [7, 11) is 0. The quantitative estimate of drug-likeness (QED) is 0.721. The van der Waals surface area contributed by atoms with E-state index >= 15 is 0 Å². The molecular formula is C17H17ClOS. The van der Waals surface area contributed by atoms with Crippen molar-refractivity contribution in [2.45, 2.75) is 24.3 Å². The maximum Gasteiger partial charge on any atom is 0.131 e. The molecule has 1 atom stereocenters. The fourth-order valence-electron chi connectivity index (χ4n) is 1.98. The van der Waals surface area contributed by atoms with Gasteiger partial charge in [0.15, 0.2) is 0 Å². The van der Waals surface area contributed by atoms with E-state index in [2.05, 4.69) is 12.1 Å². The first kappa shape index (κ1) is 15.1. The molecule has 0 saturated carbocycles. The van der Waals surface area contributed by atoms with Gasteiger partial charge in [-0.3, -0.25) is 4.79 Å². The summed E-state index contributed by atoms with van der Waals surface area (Å²) in [5.74, 6) is 1.12. The third kappa shape index (κ3) is 4.69. The van der Waals surface area contributed by atoms with Gasteiger partial charge in [-0.1, -0.05) is 54.1 Å². The zero-order chi connectivity index (χ0) is 14.4. The fourth-order valence-corrected chi connectivity index (χ4v) is 3.40. The standard InChI is InChI=1S/C17H17ClOS/c1-13(19)11-17(15-7-9-16(18)10-8-15)20-12-14-5-3-2-4-6-14/h2-10,17H,11-12H2,1H3/t17-/m1/s1. The largest absolute Gasteiger partial charge is 0.300 e. The summed E-state index contributed by atoms with van der Waals surface area (Å²) in [5.41, 5.74) is 2.44. The molecule has 104 valence electrons. The molecule has 0 amide bonds. The Labute approximate surface area is 129 Å². The van der Waals surface area contributed by atoms with Crippen LogP contribution < -0.4 is 0 Å². The molecule has 0 unspecified atom stereocenters. The molecular weight excluding hydrogens is 288 g/mol. The van der Waals surface area contributed by atoms with Crippen LogP contribution in [0.4, 0.5) is 0 Å². The highest BCUT2D eigenvalue weighted by Crippen LogP contribution is 2.35. The van der Waals surface area contributed by atoms with E-state index in [1.54, 1.807) is 18.7 Å². The van der Waals surface area contributed by atoms with Crippen molar-refractivity contribution >= 4 is 29.1 Å². The normalized spacial score (nSPS) is 12.1. The van der Waals surface area contributed by atoms with Crippen molar-refractivity contribution in [3.63, 3.8) is 0 Å². The van der Waals surface area contributed by atoms with Gasteiger partial charge in [0.1, 0.15) is 5.78 Å². The molecule has 3 heteroatoms. The summed E-state index contributed by atoms with van der Waals surface area (Å²) in [6.07, 6.45) is 0.555. The van der Waals surface area contributed by atoms with Crippen molar-refractivity contribution in [3.8, 4) is 0 Å². The summed E-state index contributed by atoms with van der Waals surface area (Å²) < 4.78 is 0. The van der Waals surface area contributed by atoms with Gasteiger partial charge < -0.3 is 0 Å². The zero-order valence-electron chi connectivity index (χ0n) is 11.4. The predicted molar refractivity (Wildman–Crippen MR) is 87.2 cm³/mol. The van der Waals surface area contributed by atoms with Gasteiger partial charge in [-0.05, 0) is 30.2 Å². The molecule has 0 bridgehead atoms. The van der Waals surface area contributed by atoms with Crippen LogP contribution in [0.25, 0.3) is 0 Å². The number of ketones is 1. The topological polar surface area (TPSA) is 17.1 Å². The summed E-state index contributed by atoms with van der Waals surface area (Å²) >= 11 is 7.72. The van der Waals surface area contributed by atoms with Crippen LogP contribution in [0.3, 0.4) is 0 Å². The van der Waals surface area contributed by atoms with Crippen LogP contribution in [0.2, 0.25) is 5.02 Å². The third-order valence-electron chi connectivity index (χ3n) is 3.01. The number of Topliss-reactive ketones (excluding diaryl/α,β-unsaturated/α-hetero) is 1. The Hall–Kier alpha value is -1.25. The first-order valence-corrected chi connectivity index (χ1v) is 7.98. The first-order chi connectivity index (χ1) is 9.65. The molecule has 0 spiro atoms. The number of rotatable bonds is 6. The monoisotopic (exact) mass is 304 g/mol. The first-order valence-electron chi connectivity index (χ1n) is 6.55. The zero-order valence-corrected chi connectivity index (χ0v) is 13.0. The van der Waals surface area contributed by atoms with Crippen LogP contribution in [-0.4, -0.2) is 5.78 Å². The average Bonchev–Trinajstić information content (AvgIpc) is 2.45. The van der Waals surface area contributed by atoms with Crippen LogP contribution in [0.5, 0.6) is 0 Å². The number of halogens is 1. The van der Waals surface area contributed by atoms with E-state index in [1.165, 1.54) is 5.56 Å². The van der Waals surface area contributed by atoms with Gasteiger partial charge in [-0.2, -0.15) is 0 Å². The van der Waals surface area contributed by atoms with Crippen molar-refractivity contribution in [3.05, 3.63) is 70.7 Å². The molecule has 2 rings (SSSR count). The van der Waals surface area contributed by atoms with Crippen molar-refractivity contribution in [2.75, 3.05) is 0 Å². The Kier molecular flexibility index (Phi) is 5.69. The van der Waals surface area contributed by atoms with Crippen molar-refractivity contribution in [1.82, 2.24) is 0 Å². The maximum absolute atomic E-state index is 11.5. The second-order valence-electron chi connectivity index (χ2n) is 4.74. The molecule has 0 saturated heterocycles. The van der Waals surface area contributed by atoms with E-state index in [1.807, 2.05) is 42.5 Å². The Morgan fingerprint density at radius 3 is 2.35 bits per heavy atom. The van der Waals surface area contributed by atoms with Crippen LogP contribution in [0, 0.1) is 0 Å². The molecule has 0 fully saturated rings. The Balaban J connectivity index is 2.07. The van der Waals surface area contributed by atoms with Gasteiger partial charge in [0.25, 0.3) is 0 Å². The summed E-state index contributed by atoms with van der Waals surface area (Å²) in [5, 5.41) is 0.911. The Morgan fingerprint density at radius 1 is 1.10 bits per heavy atom. The third-order valence-corrected chi connectivity index (χ3v) is 4.60. The van der Waals surface area contributed by atoms with Gasteiger partial charge in [-0.25, -0.2) is 0 Å². The van der Waals surface area contributed by atoms with Crippen molar-refractivity contribution < 1.29 is 4.79 Å². The molecule has 1 nitrogen and oxygen atoms in total. The minimum absolute atomic E-state index is 0.185. The number of thioether (sulfide) groups is 1. The van der Waals surface area contributed by atoms with Crippen LogP contribution in [-0.2, 0) is 10.5 Å². The smallest absolute Gasteiger partial charge is 0.131 e. The number of hydrogen-bond donors (Lipinski definition) is 0. The van der Waals surface area contributed by atoms with E-state index < -0.39 is 0 Å². The molecule has 0 heterocycles. The van der Waals surface area contributed by atoms with E-state index in [9.17, 15) is 4.79 Å². The van der Waals surface area contributed by atoms with Crippen LogP contribution >= 0.6 is 23.4 Å². The summed E-state index contributed by atoms with van der Waals surface area (Å²) in [6.45, 7) is 1.64. The minimum atomic E-state index is 0.185. The highest BCUT2D eigenvalue weighted by Gasteiger charge is 2.14. The second kappa shape index (κ2) is 7.51. The van der Waals surface area contributed by atoms with E-state index in [0.717, 1.165) is 16.3 Å². The lowest BCUT2D eigenvalue weighted by Crippen LogP contribution is -2.01. The molecule has 0 aliphatic heterocycles. The number of carbonyl (C=O) groups is 1. The molecule has 0 aromatic heterocycles. The fraction of sp³-hybridized carbons (Fsp3) is 0.235. The lowest BCUT2D eigenvalue weighted by molar-refractivity contribution is -0.117. The summed E-state index contributed by atoms with van der Waals surface area (Å²) in [6, 6.07) is 18.1. The maximum atomic E-state index is 11.5. The van der Waals surface area contributed by atoms with E-state index in [4.69, 9.17) is 11.6 Å². The van der Waals surface area contributed by atoms with Gasteiger partial charge in [0, 0.05) is 22.4 Å². The minimum Gasteiger partial charge on any atom is -0.300 e. The van der Waals surface area contributed by atoms with Crippen molar-refractivity contribution in [2.24, 2.45) is 0 Å². The van der Waals surface area contributed by atoms with Crippen molar-refractivity contribution in [1.29, 1.82) is 0 Å². The highest BCUT2D eigenvalue weighted by molar-refractivity contribution is 7.98. The average molecular weight is 305 g/mol. The molecule has 0 aliphatic carbocycles. The second-order valence-corrected chi connectivity index (χ2v) is 6.37. The number of carbonyl (C=O) groups excluding carboxylic acids is 1.